The predicted molar refractivity (Wildman–Crippen MR) is 50.9 cm³/mol. The van der Waals surface area contributed by atoms with Crippen LogP contribution in [0.4, 0.5) is 8.78 Å². The van der Waals surface area contributed by atoms with Gasteiger partial charge < -0.3 is 0 Å². The van der Waals surface area contributed by atoms with Crippen molar-refractivity contribution in [1.29, 1.82) is 0 Å². The van der Waals surface area contributed by atoms with Gasteiger partial charge in [0.2, 0.25) is 0 Å². The summed E-state index contributed by atoms with van der Waals surface area (Å²) in [5.74, 6) is 0. The van der Waals surface area contributed by atoms with Gasteiger partial charge in [0.1, 0.15) is 0 Å². The summed E-state index contributed by atoms with van der Waals surface area (Å²) in [6.07, 6.45) is -0.843. The van der Waals surface area contributed by atoms with E-state index >= 15 is 0 Å². The van der Waals surface area contributed by atoms with Crippen molar-refractivity contribution in [1.82, 2.24) is 0 Å². The molecule has 0 saturated carbocycles. The van der Waals surface area contributed by atoms with Gasteiger partial charge in [0.15, 0.2) is 0 Å². The number of hydrogen-bond donors (Lipinski definition) is 0. The maximum Gasteiger partial charge on any atom is 0.270 e. The van der Waals surface area contributed by atoms with Gasteiger partial charge in [0.05, 0.1) is 0 Å². The van der Waals surface area contributed by atoms with E-state index in [1.54, 1.807) is 6.07 Å². The van der Waals surface area contributed by atoms with Crippen LogP contribution in [0.2, 0.25) is 0 Å². The van der Waals surface area contributed by atoms with Crippen molar-refractivity contribution >= 4 is 27.5 Å². The van der Waals surface area contributed by atoms with E-state index in [1.165, 1.54) is 11.3 Å². The van der Waals surface area contributed by atoms with E-state index < -0.39 is 6.08 Å². The zero-order valence-corrected chi connectivity index (χ0v) is 7.37. The molecule has 2 aromatic rings. The first-order valence-electron chi connectivity index (χ1n) is 3.68. The van der Waals surface area contributed by atoms with Crippen LogP contribution < -0.4 is 0 Å². The molecule has 0 amide bonds. The second-order valence-electron chi connectivity index (χ2n) is 2.52. The van der Waals surface area contributed by atoms with Gasteiger partial charge in [-0.2, -0.15) is 8.78 Å². The highest BCUT2D eigenvalue weighted by Gasteiger charge is 2.00. The predicted octanol–water partition coefficient (Wildman–Crippen LogP) is 3.94. The average molecular weight is 195 g/mol. The Morgan fingerprint density at radius 3 is 3.00 bits per heavy atom. The van der Waals surface area contributed by atoms with Crippen LogP contribution in [0.25, 0.3) is 16.2 Å². The van der Waals surface area contributed by atoms with Gasteiger partial charge in [-0.25, -0.2) is 0 Å². The highest BCUT2D eigenvalue weighted by molar-refractivity contribution is 7.17. The highest BCUT2D eigenvalue weighted by atomic mass is 32.1. The third kappa shape index (κ3) is 1.60. The molecule has 65 valence electrons. The van der Waals surface area contributed by atoms with Crippen LogP contribution in [-0.2, 0) is 0 Å². The molecule has 1 aromatic carbocycles. The Kier molecular flexibility index (Phi) is 2.10. The molecule has 0 bridgehead atoms. The maximum atomic E-state index is 12.0. The SMILES string of the molecule is FC(F)=Cc1[c]ccc2sccc12. The molecule has 3 heteroatoms. The van der Waals surface area contributed by atoms with Crippen molar-refractivity contribution in [2.45, 2.75) is 0 Å². The van der Waals surface area contributed by atoms with Crippen molar-refractivity contribution in [3.05, 3.63) is 41.3 Å². The Morgan fingerprint density at radius 2 is 2.23 bits per heavy atom. The minimum absolute atomic E-state index is 0.457. The lowest BCUT2D eigenvalue weighted by atomic mass is 10.1. The lowest BCUT2D eigenvalue weighted by molar-refractivity contribution is 0.429. The van der Waals surface area contributed by atoms with Gasteiger partial charge in [-0.15, -0.1) is 11.3 Å². The number of halogens is 2. The molecule has 0 saturated heterocycles. The van der Waals surface area contributed by atoms with Crippen LogP contribution in [0.1, 0.15) is 5.56 Å². The van der Waals surface area contributed by atoms with Crippen LogP contribution in [-0.4, -0.2) is 0 Å². The van der Waals surface area contributed by atoms with E-state index in [2.05, 4.69) is 6.07 Å². The zero-order chi connectivity index (χ0) is 9.26. The number of rotatable bonds is 1. The average Bonchev–Trinajstić information content (AvgIpc) is 2.51. The second kappa shape index (κ2) is 3.26. The summed E-state index contributed by atoms with van der Waals surface area (Å²) < 4.78 is 25.0. The number of fused-ring (bicyclic) bond motifs is 1. The fourth-order valence-corrected chi connectivity index (χ4v) is 1.99. The third-order valence-corrected chi connectivity index (χ3v) is 2.59. The Balaban J connectivity index is 2.68. The summed E-state index contributed by atoms with van der Waals surface area (Å²) in [7, 11) is 0. The Labute approximate surface area is 78.1 Å². The summed E-state index contributed by atoms with van der Waals surface area (Å²) in [6, 6.07) is 8.13. The largest absolute Gasteiger partial charge is 0.270 e. The minimum Gasteiger partial charge on any atom is -0.173 e. The summed E-state index contributed by atoms with van der Waals surface area (Å²) in [5.41, 5.74) is 0.457. The summed E-state index contributed by atoms with van der Waals surface area (Å²) in [5, 5.41) is 2.71. The maximum absolute atomic E-state index is 12.0. The fourth-order valence-electron chi connectivity index (χ4n) is 1.19. The lowest BCUT2D eigenvalue weighted by Gasteiger charge is -1.93. The Bertz CT molecular complexity index is 453. The molecule has 0 atom stereocenters. The Morgan fingerprint density at radius 1 is 1.38 bits per heavy atom. The molecule has 1 aromatic heterocycles. The number of hydrogen-bond acceptors (Lipinski definition) is 1. The minimum atomic E-state index is -1.69. The van der Waals surface area contributed by atoms with Crippen LogP contribution in [0.15, 0.2) is 29.7 Å². The first-order valence-corrected chi connectivity index (χ1v) is 4.56. The highest BCUT2D eigenvalue weighted by Crippen LogP contribution is 2.25. The topological polar surface area (TPSA) is 0 Å². The zero-order valence-electron chi connectivity index (χ0n) is 6.55. The van der Waals surface area contributed by atoms with Crippen LogP contribution in [0, 0.1) is 6.07 Å². The van der Waals surface area contributed by atoms with Crippen molar-refractivity contribution in [2.75, 3.05) is 0 Å². The van der Waals surface area contributed by atoms with E-state index in [0.717, 1.165) is 16.2 Å². The van der Waals surface area contributed by atoms with Gasteiger partial charge in [0, 0.05) is 16.2 Å². The van der Waals surface area contributed by atoms with E-state index in [-0.39, 0.29) is 0 Å². The molecule has 0 nitrogen and oxygen atoms in total. The van der Waals surface area contributed by atoms with Crippen molar-refractivity contribution in [3.63, 3.8) is 0 Å². The van der Waals surface area contributed by atoms with Crippen molar-refractivity contribution in [3.8, 4) is 0 Å². The lowest BCUT2D eigenvalue weighted by Crippen LogP contribution is -1.73. The van der Waals surface area contributed by atoms with Gasteiger partial charge >= 0.3 is 0 Å². The van der Waals surface area contributed by atoms with Crippen molar-refractivity contribution < 1.29 is 8.78 Å². The molecular weight excluding hydrogens is 190 g/mol. The van der Waals surface area contributed by atoms with E-state index in [4.69, 9.17) is 0 Å². The summed E-state index contributed by atoms with van der Waals surface area (Å²) in [4.78, 5) is 0. The first-order chi connectivity index (χ1) is 6.27. The van der Waals surface area contributed by atoms with Crippen LogP contribution in [0.5, 0.6) is 0 Å². The monoisotopic (exact) mass is 195 g/mol. The Hall–Kier alpha value is -1.22. The molecule has 0 aliphatic rings. The van der Waals surface area contributed by atoms with E-state index in [1.807, 2.05) is 17.5 Å². The molecule has 2 rings (SSSR count). The molecule has 1 radical (unpaired) electrons. The molecule has 0 aliphatic heterocycles. The van der Waals surface area contributed by atoms with Crippen LogP contribution in [0.3, 0.4) is 0 Å². The quantitative estimate of drug-likeness (QED) is 0.646. The fraction of sp³-hybridized carbons (Fsp3) is 0. The molecular formula is C10H5F2S. The first kappa shape index (κ1) is 8.38. The van der Waals surface area contributed by atoms with E-state index in [0.29, 0.717) is 5.56 Å². The van der Waals surface area contributed by atoms with Crippen LogP contribution >= 0.6 is 11.3 Å². The third-order valence-electron chi connectivity index (χ3n) is 1.71. The van der Waals surface area contributed by atoms with E-state index in [9.17, 15) is 8.78 Å². The second-order valence-corrected chi connectivity index (χ2v) is 3.47. The van der Waals surface area contributed by atoms with Gasteiger partial charge in [-0.3, -0.25) is 0 Å². The smallest absolute Gasteiger partial charge is 0.173 e. The molecule has 0 unspecified atom stereocenters. The molecule has 0 spiro atoms. The molecule has 1 heterocycles. The number of thiophene rings is 1. The summed E-state index contributed by atoms with van der Waals surface area (Å²) >= 11 is 1.53. The normalized spacial score (nSPS) is 10.3. The molecule has 13 heavy (non-hydrogen) atoms. The molecule has 0 N–H and O–H groups in total. The molecule has 0 fully saturated rings. The standard InChI is InChI=1S/C10H5F2S/c11-10(12)6-7-2-1-3-9-8(7)4-5-13-9/h1,3-6H. The van der Waals surface area contributed by atoms with Gasteiger partial charge in [0.25, 0.3) is 6.08 Å². The van der Waals surface area contributed by atoms with Gasteiger partial charge in [-0.1, -0.05) is 6.07 Å². The van der Waals surface area contributed by atoms with Crippen molar-refractivity contribution in [2.24, 2.45) is 0 Å². The van der Waals surface area contributed by atoms with Gasteiger partial charge in [-0.05, 0) is 29.1 Å². The summed E-state index contributed by atoms with van der Waals surface area (Å²) in [6.45, 7) is 0. The number of benzene rings is 1. The molecule has 0 aliphatic carbocycles.